The van der Waals surface area contributed by atoms with Crippen LogP contribution in [-0.4, -0.2) is 30.3 Å². The molecule has 6 heteroatoms. The van der Waals surface area contributed by atoms with E-state index in [0.717, 1.165) is 13.1 Å². The van der Waals surface area contributed by atoms with E-state index in [0.29, 0.717) is 0 Å². The summed E-state index contributed by atoms with van der Waals surface area (Å²) in [7, 11) is 0. The van der Waals surface area contributed by atoms with Crippen LogP contribution in [0.5, 0.6) is 0 Å². The third-order valence-corrected chi connectivity index (χ3v) is 2.12. The molecule has 1 aromatic rings. The number of nitrogens with one attached hydrogen (secondary N) is 1. The Hall–Kier alpha value is -1.82. The summed E-state index contributed by atoms with van der Waals surface area (Å²) in [5, 5.41) is 10.3. The standard InChI is InChI=1S/C10H11N.C2HF3O2/c1-2-4-9(5-3-1)6-10-7-11-8-10;3-2(4,5)1(6)7/h1-6,11H,7-8H2;(H,6,7). The van der Waals surface area contributed by atoms with Crippen LogP contribution in [0.3, 0.4) is 0 Å². The number of aliphatic carboxylic acids is 1. The fourth-order valence-electron chi connectivity index (χ4n) is 1.16. The lowest BCUT2D eigenvalue weighted by atomic mass is 10.1. The van der Waals surface area contributed by atoms with Gasteiger partial charge in [0.1, 0.15) is 0 Å². The van der Waals surface area contributed by atoms with Gasteiger partial charge >= 0.3 is 12.1 Å². The minimum Gasteiger partial charge on any atom is -0.475 e. The highest BCUT2D eigenvalue weighted by Crippen LogP contribution is 2.13. The van der Waals surface area contributed by atoms with E-state index in [1.165, 1.54) is 11.1 Å². The summed E-state index contributed by atoms with van der Waals surface area (Å²) in [5.41, 5.74) is 2.81. The van der Waals surface area contributed by atoms with Crippen LogP contribution in [0.2, 0.25) is 0 Å². The van der Waals surface area contributed by atoms with Gasteiger partial charge in [-0.3, -0.25) is 0 Å². The van der Waals surface area contributed by atoms with E-state index < -0.39 is 12.1 Å². The molecule has 1 aromatic carbocycles. The molecule has 3 nitrogen and oxygen atoms in total. The first-order valence-corrected chi connectivity index (χ1v) is 5.15. The predicted octanol–water partition coefficient (Wildman–Crippen LogP) is 2.31. The van der Waals surface area contributed by atoms with Gasteiger partial charge in [-0.1, -0.05) is 36.4 Å². The number of carboxylic acids is 1. The second kappa shape index (κ2) is 6.20. The summed E-state index contributed by atoms with van der Waals surface area (Å²) in [5.74, 6) is -2.76. The van der Waals surface area contributed by atoms with Gasteiger partial charge in [0.25, 0.3) is 0 Å². The number of carboxylic acid groups (broad SMARTS) is 1. The maximum atomic E-state index is 10.6. The Labute approximate surface area is 102 Å². The molecule has 18 heavy (non-hydrogen) atoms. The van der Waals surface area contributed by atoms with Crippen LogP contribution in [0.15, 0.2) is 35.9 Å². The molecule has 1 saturated heterocycles. The highest BCUT2D eigenvalue weighted by Gasteiger charge is 2.38. The molecule has 1 fully saturated rings. The predicted molar refractivity (Wildman–Crippen MR) is 61.0 cm³/mol. The Balaban J connectivity index is 0.000000203. The molecule has 1 aliphatic heterocycles. The number of rotatable bonds is 1. The van der Waals surface area contributed by atoms with Crippen LogP contribution in [0.1, 0.15) is 5.56 Å². The average molecular weight is 259 g/mol. The summed E-state index contributed by atoms with van der Waals surface area (Å²) in [4.78, 5) is 8.90. The molecule has 0 saturated carbocycles. The Morgan fingerprint density at radius 1 is 1.22 bits per heavy atom. The van der Waals surface area contributed by atoms with Gasteiger partial charge in [0.15, 0.2) is 0 Å². The molecule has 0 spiro atoms. The Morgan fingerprint density at radius 2 is 1.72 bits per heavy atom. The van der Waals surface area contributed by atoms with Crippen molar-refractivity contribution in [1.82, 2.24) is 5.32 Å². The van der Waals surface area contributed by atoms with E-state index in [4.69, 9.17) is 9.90 Å². The molecule has 1 heterocycles. The van der Waals surface area contributed by atoms with E-state index in [-0.39, 0.29) is 0 Å². The van der Waals surface area contributed by atoms with Gasteiger partial charge in [-0.2, -0.15) is 13.2 Å². The molecule has 0 aliphatic carbocycles. The van der Waals surface area contributed by atoms with Crippen molar-refractivity contribution < 1.29 is 23.1 Å². The second-order valence-electron chi connectivity index (χ2n) is 3.62. The van der Waals surface area contributed by atoms with E-state index in [2.05, 4.69) is 35.7 Å². The number of benzene rings is 1. The molecule has 98 valence electrons. The van der Waals surface area contributed by atoms with Crippen molar-refractivity contribution in [2.24, 2.45) is 0 Å². The summed E-state index contributed by atoms with van der Waals surface area (Å²) >= 11 is 0. The topological polar surface area (TPSA) is 49.3 Å². The molecule has 2 rings (SSSR count). The fourth-order valence-corrected chi connectivity index (χ4v) is 1.16. The number of hydrogen-bond donors (Lipinski definition) is 2. The first-order chi connectivity index (χ1) is 8.39. The third-order valence-electron chi connectivity index (χ3n) is 2.12. The molecule has 0 atom stereocenters. The van der Waals surface area contributed by atoms with Crippen molar-refractivity contribution in [3.05, 3.63) is 41.5 Å². The lowest BCUT2D eigenvalue weighted by Crippen LogP contribution is -2.33. The number of hydrogen-bond acceptors (Lipinski definition) is 2. The van der Waals surface area contributed by atoms with Crippen LogP contribution in [0, 0.1) is 0 Å². The van der Waals surface area contributed by atoms with Crippen LogP contribution in [0.25, 0.3) is 6.08 Å². The van der Waals surface area contributed by atoms with Crippen LogP contribution < -0.4 is 5.32 Å². The zero-order valence-electron chi connectivity index (χ0n) is 9.37. The smallest absolute Gasteiger partial charge is 0.475 e. The zero-order chi connectivity index (χ0) is 13.6. The number of carbonyl (C=O) groups is 1. The van der Waals surface area contributed by atoms with Crippen LogP contribution in [-0.2, 0) is 4.79 Å². The quantitative estimate of drug-likeness (QED) is 0.813. The molecule has 0 bridgehead atoms. The van der Waals surface area contributed by atoms with Crippen LogP contribution in [0.4, 0.5) is 13.2 Å². The first kappa shape index (κ1) is 14.2. The summed E-state index contributed by atoms with van der Waals surface area (Å²) in [6.45, 7) is 2.13. The van der Waals surface area contributed by atoms with Crippen molar-refractivity contribution in [3.63, 3.8) is 0 Å². The van der Waals surface area contributed by atoms with E-state index in [1.54, 1.807) is 0 Å². The minimum absolute atomic E-state index is 1.06. The van der Waals surface area contributed by atoms with Gasteiger partial charge in [0.2, 0.25) is 0 Å². The third kappa shape index (κ3) is 5.01. The van der Waals surface area contributed by atoms with E-state index >= 15 is 0 Å². The SMILES string of the molecule is C(=C1CNC1)c1ccccc1.O=C(O)C(F)(F)F. The van der Waals surface area contributed by atoms with Crippen molar-refractivity contribution in [3.8, 4) is 0 Å². The second-order valence-corrected chi connectivity index (χ2v) is 3.62. The van der Waals surface area contributed by atoms with Crippen molar-refractivity contribution >= 4 is 12.0 Å². The number of halogens is 3. The van der Waals surface area contributed by atoms with Gasteiger partial charge in [-0.05, 0) is 11.1 Å². The monoisotopic (exact) mass is 259 g/mol. The first-order valence-electron chi connectivity index (χ1n) is 5.15. The highest BCUT2D eigenvalue weighted by atomic mass is 19.4. The molecule has 0 amide bonds. The van der Waals surface area contributed by atoms with Crippen LogP contribution >= 0.6 is 0 Å². The van der Waals surface area contributed by atoms with Gasteiger partial charge in [0, 0.05) is 13.1 Å². The van der Waals surface area contributed by atoms with Gasteiger partial charge in [-0.15, -0.1) is 0 Å². The van der Waals surface area contributed by atoms with E-state index in [9.17, 15) is 13.2 Å². The Morgan fingerprint density at radius 3 is 2.06 bits per heavy atom. The summed E-state index contributed by atoms with van der Waals surface area (Å²) < 4.78 is 31.7. The Kier molecular flexibility index (Phi) is 4.91. The minimum atomic E-state index is -5.08. The lowest BCUT2D eigenvalue weighted by molar-refractivity contribution is -0.192. The molecule has 0 aromatic heterocycles. The average Bonchev–Trinajstić information content (AvgIpc) is 2.25. The van der Waals surface area contributed by atoms with Gasteiger partial charge < -0.3 is 10.4 Å². The largest absolute Gasteiger partial charge is 0.490 e. The molecule has 0 radical (unpaired) electrons. The maximum absolute atomic E-state index is 10.6. The summed E-state index contributed by atoms with van der Waals surface area (Å²) in [6.07, 6.45) is -2.84. The van der Waals surface area contributed by atoms with Crippen molar-refractivity contribution in [1.29, 1.82) is 0 Å². The van der Waals surface area contributed by atoms with Gasteiger partial charge in [-0.25, -0.2) is 4.79 Å². The number of alkyl halides is 3. The zero-order valence-corrected chi connectivity index (χ0v) is 9.37. The van der Waals surface area contributed by atoms with E-state index in [1.807, 2.05) is 6.07 Å². The van der Waals surface area contributed by atoms with Gasteiger partial charge in [0.05, 0.1) is 0 Å². The fraction of sp³-hybridized carbons (Fsp3) is 0.250. The summed E-state index contributed by atoms with van der Waals surface area (Å²) in [6, 6.07) is 10.4. The molecule has 0 unspecified atom stereocenters. The maximum Gasteiger partial charge on any atom is 0.490 e. The normalized spacial score (nSPS) is 14.1. The van der Waals surface area contributed by atoms with Crippen molar-refractivity contribution in [2.45, 2.75) is 6.18 Å². The highest BCUT2D eigenvalue weighted by molar-refractivity contribution is 5.73. The molecular formula is C12H12F3NO2. The lowest BCUT2D eigenvalue weighted by Gasteiger charge is -2.18. The molecule has 1 aliphatic rings. The van der Waals surface area contributed by atoms with Crippen molar-refractivity contribution in [2.75, 3.05) is 13.1 Å². The molecule has 2 N–H and O–H groups in total. The Bertz CT molecular complexity index is 421. The molecular weight excluding hydrogens is 247 g/mol.